The van der Waals surface area contributed by atoms with E-state index in [4.69, 9.17) is 4.74 Å². The first-order valence-corrected chi connectivity index (χ1v) is 11.7. The highest BCUT2D eigenvalue weighted by molar-refractivity contribution is 6.11. The fourth-order valence-electron chi connectivity index (χ4n) is 4.35. The van der Waals surface area contributed by atoms with Crippen molar-refractivity contribution in [3.05, 3.63) is 59.7 Å². The van der Waals surface area contributed by atoms with Gasteiger partial charge in [0.15, 0.2) is 0 Å². The van der Waals surface area contributed by atoms with Gasteiger partial charge in [-0.15, -0.1) is 0 Å². The van der Waals surface area contributed by atoms with Gasteiger partial charge in [-0.05, 0) is 55.2 Å². The molecule has 0 unspecified atom stereocenters. The average molecular weight is 465 g/mol. The highest BCUT2D eigenvalue weighted by Crippen LogP contribution is 2.31. The number of carbonyl (C=O) groups excluding carboxylic acids is 3. The number of benzene rings is 2. The fraction of sp³-hybridized carbons (Fsp3) is 0.423. The first-order valence-electron chi connectivity index (χ1n) is 11.7. The lowest BCUT2D eigenvalue weighted by molar-refractivity contribution is -0.136. The first kappa shape index (κ1) is 23.8. The van der Waals surface area contributed by atoms with Gasteiger partial charge >= 0.3 is 6.03 Å². The molecule has 34 heavy (non-hydrogen) atoms. The number of rotatable bonds is 6. The van der Waals surface area contributed by atoms with Gasteiger partial charge in [0, 0.05) is 24.5 Å². The molecule has 2 N–H and O–H groups in total. The van der Waals surface area contributed by atoms with Crippen molar-refractivity contribution in [3.63, 3.8) is 0 Å². The van der Waals surface area contributed by atoms with Crippen LogP contribution in [0.25, 0.3) is 0 Å². The minimum atomic E-state index is -1.22. The zero-order valence-corrected chi connectivity index (χ0v) is 20.1. The molecular formula is C26H32N4O4. The van der Waals surface area contributed by atoms with E-state index in [0.717, 1.165) is 29.2 Å². The molecule has 0 bridgehead atoms. The second kappa shape index (κ2) is 9.46. The predicted molar refractivity (Wildman–Crippen MR) is 131 cm³/mol. The Morgan fingerprint density at radius 1 is 1.00 bits per heavy atom. The van der Waals surface area contributed by atoms with Gasteiger partial charge in [-0.2, -0.15) is 0 Å². The summed E-state index contributed by atoms with van der Waals surface area (Å²) in [5.41, 5.74) is 2.27. The second-order valence-corrected chi connectivity index (χ2v) is 9.32. The molecule has 4 rings (SSSR count). The molecule has 0 radical (unpaired) electrons. The Bertz CT molecular complexity index is 1060. The highest BCUT2D eigenvalue weighted by Gasteiger charge is 2.51. The van der Waals surface area contributed by atoms with Crippen LogP contribution in [0.1, 0.15) is 44.7 Å². The molecule has 2 heterocycles. The molecule has 4 amide bonds. The molecule has 0 saturated carbocycles. The number of hydrogen-bond acceptors (Lipinski definition) is 5. The summed E-state index contributed by atoms with van der Waals surface area (Å²) < 4.78 is 5.38. The molecule has 0 aromatic heterocycles. The lowest BCUT2D eigenvalue weighted by Crippen LogP contribution is -2.47. The van der Waals surface area contributed by atoms with E-state index in [1.807, 2.05) is 48.5 Å². The minimum absolute atomic E-state index is 0.360. The number of nitrogens with one attached hydrogen (secondary N) is 2. The van der Waals surface area contributed by atoms with E-state index in [1.165, 1.54) is 0 Å². The van der Waals surface area contributed by atoms with E-state index >= 15 is 0 Å². The Kier molecular flexibility index (Phi) is 6.61. The number of carbonyl (C=O) groups is 3. The summed E-state index contributed by atoms with van der Waals surface area (Å²) >= 11 is 0. The third kappa shape index (κ3) is 4.50. The van der Waals surface area contributed by atoms with Crippen LogP contribution in [0.2, 0.25) is 0 Å². The molecule has 0 spiro atoms. The summed E-state index contributed by atoms with van der Waals surface area (Å²) in [4.78, 5) is 42.2. The molecule has 0 aliphatic carbocycles. The van der Waals surface area contributed by atoms with Crippen LogP contribution in [0.15, 0.2) is 48.5 Å². The predicted octanol–water partition coefficient (Wildman–Crippen LogP) is 3.44. The summed E-state index contributed by atoms with van der Waals surface area (Å²) in [7, 11) is 0. The van der Waals surface area contributed by atoms with Gasteiger partial charge in [0.25, 0.3) is 5.91 Å². The van der Waals surface area contributed by atoms with E-state index in [1.54, 1.807) is 13.8 Å². The van der Waals surface area contributed by atoms with Gasteiger partial charge in [0.1, 0.15) is 11.6 Å². The monoisotopic (exact) mass is 464 g/mol. The number of morpholine rings is 1. The normalized spacial score (nSPS) is 21.6. The lowest BCUT2D eigenvalue weighted by atomic mass is 9.90. The highest BCUT2D eigenvalue weighted by atomic mass is 16.5. The standard InChI is InChI=1S/C26H32N4O4/c1-17(2)19-5-7-20(8-6-19)26(4)24(32)30(25(33)28-26)18(3)23(31)27-21-9-11-22(12-10-21)29-13-15-34-16-14-29/h5-12,17-18H,13-16H2,1-4H3,(H,27,31)(H,28,33)/t18-,26-/m1/s1. The van der Waals surface area contributed by atoms with E-state index in [0.29, 0.717) is 30.4 Å². The van der Waals surface area contributed by atoms with E-state index in [-0.39, 0.29) is 0 Å². The van der Waals surface area contributed by atoms with Gasteiger partial charge in [-0.25, -0.2) is 9.69 Å². The van der Waals surface area contributed by atoms with Crippen molar-refractivity contribution in [2.45, 2.75) is 45.2 Å². The SMILES string of the molecule is CC(C)c1ccc([C@@]2(C)NC(=O)N([C@H](C)C(=O)Nc3ccc(N4CCOCC4)cc3)C2=O)cc1. The Balaban J connectivity index is 1.44. The number of nitrogens with zero attached hydrogens (tertiary/aromatic N) is 2. The van der Waals surface area contributed by atoms with Gasteiger partial charge in [0.2, 0.25) is 5.91 Å². The van der Waals surface area contributed by atoms with Crippen LogP contribution < -0.4 is 15.5 Å². The van der Waals surface area contributed by atoms with E-state index in [9.17, 15) is 14.4 Å². The van der Waals surface area contributed by atoms with Crippen molar-refractivity contribution < 1.29 is 19.1 Å². The summed E-state index contributed by atoms with van der Waals surface area (Å²) in [5, 5.41) is 5.60. The van der Waals surface area contributed by atoms with Crippen LogP contribution in [-0.2, 0) is 19.9 Å². The molecular weight excluding hydrogens is 432 g/mol. The van der Waals surface area contributed by atoms with Crippen LogP contribution >= 0.6 is 0 Å². The van der Waals surface area contributed by atoms with Crippen LogP contribution in [-0.4, -0.2) is 55.1 Å². The lowest BCUT2D eigenvalue weighted by Gasteiger charge is -2.29. The van der Waals surface area contributed by atoms with Crippen molar-refractivity contribution in [3.8, 4) is 0 Å². The topological polar surface area (TPSA) is 91.0 Å². The number of urea groups is 1. The van der Waals surface area contributed by atoms with E-state index < -0.39 is 29.4 Å². The van der Waals surface area contributed by atoms with Crippen molar-refractivity contribution in [1.29, 1.82) is 0 Å². The zero-order chi connectivity index (χ0) is 24.5. The van der Waals surface area contributed by atoms with Crippen molar-refractivity contribution in [2.24, 2.45) is 0 Å². The van der Waals surface area contributed by atoms with Crippen molar-refractivity contribution >= 4 is 29.2 Å². The molecule has 2 aliphatic heterocycles. The molecule has 8 nitrogen and oxygen atoms in total. The van der Waals surface area contributed by atoms with Gasteiger partial charge in [-0.3, -0.25) is 9.59 Å². The van der Waals surface area contributed by atoms with Crippen LogP contribution in [0.3, 0.4) is 0 Å². The Hall–Kier alpha value is -3.39. The Morgan fingerprint density at radius 3 is 2.21 bits per heavy atom. The van der Waals surface area contributed by atoms with Crippen LogP contribution in [0.5, 0.6) is 0 Å². The number of amides is 4. The Labute approximate surface area is 200 Å². The third-order valence-corrected chi connectivity index (χ3v) is 6.65. The molecule has 180 valence electrons. The number of hydrogen-bond donors (Lipinski definition) is 2. The maximum atomic E-state index is 13.3. The smallest absolute Gasteiger partial charge is 0.326 e. The van der Waals surface area contributed by atoms with Gasteiger partial charge in [-0.1, -0.05) is 38.1 Å². The largest absolute Gasteiger partial charge is 0.378 e. The van der Waals surface area contributed by atoms with Gasteiger partial charge < -0.3 is 20.3 Å². The Morgan fingerprint density at radius 2 is 1.62 bits per heavy atom. The minimum Gasteiger partial charge on any atom is -0.378 e. The number of ether oxygens (including phenoxy) is 1. The number of anilines is 2. The summed E-state index contributed by atoms with van der Waals surface area (Å²) in [6, 6.07) is 13.6. The number of imide groups is 1. The third-order valence-electron chi connectivity index (χ3n) is 6.65. The van der Waals surface area contributed by atoms with Crippen molar-refractivity contribution in [1.82, 2.24) is 10.2 Å². The molecule has 2 aromatic rings. The van der Waals surface area contributed by atoms with E-state index in [2.05, 4.69) is 29.4 Å². The summed E-state index contributed by atoms with van der Waals surface area (Å²) in [6.45, 7) is 10.5. The van der Waals surface area contributed by atoms with Crippen molar-refractivity contribution in [2.75, 3.05) is 36.5 Å². The fourth-order valence-corrected chi connectivity index (χ4v) is 4.35. The van der Waals surface area contributed by atoms with Crippen LogP contribution in [0.4, 0.5) is 16.2 Å². The van der Waals surface area contributed by atoms with Crippen LogP contribution in [0, 0.1) is 0 Å². The molecule has 2 aliphatic rings. The summed E-state index contributed by atoms with van der Waals surface area (Å²) in [6.07, 6.45) is 0. The molecule has 2 atom stereocenters. The molecule has 8 heteroatoms. The molecule has 2 fully saturated rings. The zero-order valence-electron chi connectivity index (χ0n) is 20.1. The van der Waals surface area contributed by atoms with Gasteiger partial charge in [0.05, 0.1) is 13.2 Å². The first-order chi connectivity index (χ1) is 16.2. The quantitative estimate of drug-likeness (QED) is 0.639. The summed E-state index contributed by atoms with van der Waals surface area (Å²) in [5.74, 6) is -0.513. The molecule has 2 aromatic carbocycles. The maximum absolute atomic E-state index is 13.3. The maximum Gasteiger partial charge on any atom is 0.326 e. The molecule has 2 saturated heterocycles. The second-order valence-electron chi connectivity index (χ2n) is 9.32. The average Bonchev–Trinajstić information content (AvgIpc) is 3.08.